The molecule has 6 heteroatoms. The van der Waals surface area contributed by atoms with E-state index in [1.165, 1.54) is 13.2 Å². The topological polar surface area (TPSA) is 81.4 Å². The summed E-state index contributed by atoms with van der Waals surface area (Å²) in [6, 6.07) is 0. The summed E-state index contributed by atoms with van der Waals surface area (Å²) in [6.07, 6.45) is 7.81. The van der Waals surface area contributed by atoms with Crippen LogP contribution >= 0.6 is 0 Å². The van der Waals surface area contributed by atoms with Crippen molar-refractivity contribution in [3.63, 3.8) is 0 Å². The Morgan fingerprint density at radius 1 is 1.56 bits per heavy atom. The summed E-state index contributed by atoms with van der Waals surface area (Å²) in [5, 5.41) is 8.24. The maximum Gasteiger partial charge on any atom is 0.238 e. The lowest BCUT2D eigenvalue weighted by atomic mass is 9.76. The molecule has 2 aliphatic rings. The molecule has 1 aliphatic carbocycles. The smallest absolute Gasteiger partial charge is 0.238 e. The van der Waals surface area contributed by atoms with Gasteiger partial charge < -0.3 is 10.1 Å². The first-order chi connectivity index (χ1) is 7.50. The quantitative estimate of drug-likeness (QED) is 0.754. The van der Waals surface area contributed by atoms with E-state index in [4.69, 9.17) is 9.88 Å². The molecule has 0 aromatic heterocycles. The molecule has 1 unspecified atom stereocenters. The maximum absolute atomic E-state index is 11.6. The van der Waals surface area contributed by atoms with Crippen LogP contribution < -0.4 is 10.5 Å². The van der Waals surface area contributed by atoms with Gasteiger partial charge in [0.25, 0.3) is 0 Å². The zero-order valence-electron chi connectivity index (χ0n) is 9.14. The molecule has 90 valence electrons. The highest BCUT2D eigenvalue weighted by Crippen LogP contribution is 2.42. The van der Waals surface area contributed by atoms with Crippen molar-refractivity contribution in [2.24, 2.45) is 11.1 Å². The van der Waals surface area contributed by atoms with Gasteiger partial charge in [0, 0.05) is 13.0 Å². The SMILES string of the molecule is COC1(C2CCC2)NC=CC=C1S(N)(=O)=O. The van der Waals surface area contributed by atoms with Crippen LogP contribution in [-0.2, 0) is 14.8 Å². The summed E-state index contributed by atoms with van der Waals surface area (Å²) in [5.74, 6) is 0.159. The number of primary sulfonamides is 1. The lowest BCUT2D eigenvalue weighted by Crippen LogP contribution is -2.57. The highest BCUT2D eigenvalue weighted by molar-refractivity contribution is 7.93. The van der Waals surface area contributed by atoms with Gasteiger partial charge in [0.15, 0.2) is 5.72 Å². The predicted octanol–water partition coefficient (Wildman–Crippen LogP) is 0.419. The van der Waals surface area contributed by atoms with E-state index < -0.39 is 15.7 Å². The molecule has 5 nitrogen and oxygen atoms in total. The van der Waals surface area contributed by atoms with Crippen LogP contribution in [0.25, 0.3) is 0 Å². The lowest BCUT2D eigenvalue weighted by Gasteiger charge is -2.45. The predicted molar refractivity (Wildman–Crippen MR) is 60.5 cm³/mol. The molecular weight excluding hydrogens is 228 g/mol. The lowest BCUT2D eigenvalue weighted by molar-refractivity contribution is -0.0665. The summed E-state index contributed by atoms with van der Waals surface area (Å²) in [4.78, 5) is 0.120. The van der Waals surface area contributed by atoms with Crippen LogP contribution in [0.5, 0.6) is 0 Å². The van der Waals surface area contributed by atoms with Gasteiger partial charge >= 0.3 is 0 Å². The van der Waals surface area contributed by atoms with Gasteiger partial charge in [-0.2, -0.15) is 0 Å². The molecule has 1 aliphatic heterocycles. The molecule has 1 atom stereocenters. The Balaban J connectivity index is 2.44. The van der Waals surface area contributed by atoms with Crippen molar-refractivity contribution in [2.45, 2.75) is 25.0 Å². The van der Waals surface area contributed by atoms with E-state index in [1.807, 2.05) is 0 Å². The highest BCUT2D eigenvalue weighted by atomic mass is 32.2. The van der Waals surface area contributed by atoms with Crippen LogP contribution in [0, 0.1) is 5.92 Å². The second-order valence-electron chi connectivity index (χ2n) is 4.15. The van der Waals surface area contributed by atoms with Gasteiger partial charge in [-0.05, 0) is 31.2 Å². The molecule has 0 amide bonds. The summed E-state index contributed by atoms with van der Waals surface area (Å²) in [5.41, 5.74) is -0.972. The minimum atomic E-state index is -3.74. The third kappa shape index (κ3) is 1.66. The van der Waals surface area contributed by atoms with E-state index >= 15 is 0 Å². The van der Waals surface area contributed by atoms with Gasteiger partial charge in [0.2, 0.25) is 10.0 Å². The number of methoxy groups -OCH3 is 1. The molecule has 0 aromatic rings. The molecule has 0 spiro atoms. The third-order valence-corrected chi connectivity index (χ3v) is 4.37. The Morgan fingerprint density at radius 3 is 2.69 bits per heavy atom. The number of sulfonamides is 1. The van der Waals surface area contributed by atoms with Gasteiger partial charge in [-0.15, -0.1) is 0 Å². The Morgan fingerprint density at radius 2 is 2.25 bits per heavy atom. The van der Waals surface area contributed by atoms with Crippen molar-refractivity contribution < 1.29 is 13.2 Å². The molecule has 1 heterocycles. The van der Waals surface area contributed by atoms with Gasteiger partial charge in [-0.25, -0.2) is 13.6 Å². The largest absolute Gasteiger partial charge is 0.359 e. The molecular formula is C10H16N2O3S. The fraction of sp³-hybridized carbons (Fsp3) is 0.600. The van der Waals surface area contributed by atoms with E-state index in [0.717, 1.165) is 19.3 Å². The van der Waals surface area contributed by atoms with E-state index in [2.05, 4.69) is 5.32 Å². The fourth-order valence-electron chi connectivity index (χ4n) is 2.27. The Labute approximate surface area is 95.4 Å². The zero-order chi connectivity index (χ0) is 11.8. The van der Waals surface area contributed by atoms with Gasteiger partial charge in [0.05, 0.1) is 0 Å². The average Bonchev–Trinajstić information content (AvgIpc) is 2.14. The van der Waals surface area contributed by atoms with Crippen molar-refractivity contribution in [1.82, 2.24) is 5.32 Å². The molecule has 0 aromatic carbocycles. The van der Waals surface area contributed by atoms with Crippen LogP contribution in [0.1, 0.15) is 19.3 Å². The Bertz CT molecular complexity index is 437. The molecule has 0 radical (unpaired) electrons. The monoisotopic (exact) mass is 244 g/mol. The van der Waals surface area contributed by atoms with Gasteiger partial charge in [-0.1, -0.05) is 6.42 Å². The minimum absolute atomic E-state index is 0.120. The van der Waals surface area contributed by atoms with Gasteiger partial charge in [-0.3, -0.25) is 0 Å². The summed E-state index contributed by atoms with van der Waals surface area (Å²) >= 11 is 0. The van der Waals surface area contributed by atoms with Crippen molar-refractivity contribution in [2.75, 3.05) is 7.11 Å². The molecule has 1 saturated carbocycles. The minimum Gasteiger partial charge on any atom is -0.359 e. The first-order valence-electron chi connectivity index (χ1n) is 5.23. The Hall–Kier alpha value is -0.850. The Kier molecular flexibility index (Phi) is 2.81. The number of allylic oxidation sites excluding steroid dienone is 2. The van der Waals surface area contributed by atoms with E-state index in [1.54, 1.807) is 12.3 Å². The fourth-order valence-corrected chi connectivity index (χ4v) is 3.27. The first-order valence-corrected chi connectivity index (χ1v) is 6.78. The normalized spacial score (nSPS) is 30.5. The number of rotatable bonds is 3. The van der Waals surface area contributed by atoms with Crippen molar-refractivity contribution >= 4 is 10.0 Å². The van der Waals surface area contributed by atoms with Crippen molar-refractivity contribution in [1.29, 1.82) is 0 Å². The third-order valence-electron chi connectivity index (χ3n) is 3.32. The number of nitrogens with two attached hydrogens (primary N) is 1. The number of ether oxygens (including phenoxy) is 1. The number of dihydropyridines is 1. The summed E-state index contributed by atoms with van der Waals surface area (Å²) in [6.45, 7) is 0. The second-order valence-corrected chi connectivity index (χ2v) is 5.68. The van der Waals surface area contributed by atoms with E-state index in [9.17, 15) is 8.42 Å². The summed E-state index contributed by atoms with van der Waals surface area (Å²) < 4.78 is 28.6. The number of nitrogens with one attached hydrogen (secondary N) is 1. The van der Waals surface area contributed by atoms with E-state index in [0.29, 0.717) is 0 Å². The second kappa shape index (κ2) is 3.87. The molecule has 3 N–H and O–H groups in total. The number of hydrogen-bond acceptors (Lipinski definition) is 4. The van der Waals surface area contributed by atoms with Crippen LogP contribution in [0.4, 0.5) is 0 Å². The van der Waals surface area contributed by atoms with E-state index in [-0.39, 0.29) is 10.8 Å². The molecule has 0 saturated heterocycles. The highest BCUT2D eigenvalue weighted by Gasteiger charge is 2.49. The molecule has 1 fully saturated rings. The van der Waals surface area contributed by atoms with Crippen LogP contribution in [-0.4, -0.2) is 21.3 Å². The van der Waals surface area contributed by atoms with Crippen LogP contribution in [0.15, 0.2) is 23.3 Å². The molecule has 2 rings (SSSR count). The number of hydrogen-bond donors (Lipinski definition) is 2. The van der Waals surface area contributed by atoms with Crippen LogP contribution in [0.3, 0.4) is 0 Å². The van der Waals surface area contributed by atoms with Crippen LogP contribution in [0.2, 0.25) is 0 Å². The first kappa shape index (κ1) is 11.6. The zero-order valence-corrected chi connectivity index (χ0v) is 9.96. The molecule has 16 heavy (non-hydrogen) atoms. The maximum atomic E-state index is 11.6. The standard InChI is InChI=1S/C10H16N2O3S/c1-15-10(8-4-2-5-8)9(16(11,13)14)6-3-7-12-10/h3,6-8,12H,2,4-5H2,1H3,(H2,11,13,14). The average molecular weight is 244 g/mol. The summed E-state index contributed by atoms with van der Waals surface area (Å²) in [7, 11) is -2.24. The van der Waals surface area contributed by atoms with Gasteiger partial charge in [0.1, 0.15) is 4.91 Å². The van der Waals surface area contributed by atoms with Crippen molar-refractivity contribution in [3.05, 3.63) is 23.3 Å². The molecule has 0 bridgehead atoms. The van der Waals surface area contributed by atoms with Crippen molar-refractivity contribution in [3.8, 4) is 0 Å².